The summed E-state index contributed by atoms with van der Waals surface area (Å²) in [6.07, 6.45) is 2.38. The molecule has 1 aliphatic rings. The van der Waals surface area contributed by atoms with E-state index in [0.29, 0.717) is 19.5 Å². The molecule has 2 rings (SSSR count). The fourth-order valence-corrected chi connectivity index (χ4v) is 2.51. The molecule has 0 aliphatic carbocycles. The van der Waals surface area contributed by atoms with Gasteiger partial charge in [-0.15, -0.1) is 0 Å². The van der Waals surface area contributed by atoms with Gasteiger partial charge in [-0.1, -0.05) is 12.1 Å². The summed E-state index contributed by atoms with van der Waals surface area (Å²) in [6.45, 7) is 1.38. The van der Waals surface area contributed by atoms with E-state index in [1.807, 2.05) is 0 Å². The SMILES string of the molecule is COC1CCN(C(=O)[C@@H](N)Cc2ccc(F)cc2)CC1. The van der Waals surface area contributed by atoms with Gasteiger partial charge in [0.25, 0.3) is 0 Å². The quantitative estimate of drug-likeness (QED) is 0.905. The Morgan fingerprint density at radius 2 is 2.00 bits per heavy atom. The van der Waals surface area contributed by atoms with Crippen LogP contribution in [0.5, 0.6) is 0 Å². The van der Waals surface area contributed by atoms with Crippen molar-refractivity contribution < 1.29 is 13.9 Å². The van der Waals surface area contributed by atoms with Crippen LogP contribution >= 0.6 is 0 Å². The smallest absolute Gasteiger partial charge is 0.239 e. The molecule has 1 saturated heterocycles. The number of likely N-dealkylation sites (tertiary alicyclic amines) is 1. The van der Waals surface area contributed by atoms with Crippen LogP contribution in [0.4, 0.5) is 4.39 Å². The number of halogens is 1. The van der Waals surface area contributed by atoms with Crippen LogP contribution < -0.4 is 5.73 Å². The molecule has 1 aliphatic heterocycles. The third-order valence-electron chi connectivity index (χ3n) is 3.77. The maximum absolute atomic E-state index is 12.8. The Hall–Kier alpha value is -1.46. The number of piperidine rings is 1. The number of nitrogens with two attached hydrogens (primary N) is 1. The molecule has 0 radical (unpaired) electrons. The molecule has 1 fully saturated rings. The molecule has 1 aromatic carbocycles. The number of benzene rings is 1. The molecule has 5 heteroatoms. The van der Waals surface area contributed by atoms with Crippen molar-refractivity contribution >= 4 is 5.91 Å². The number of hydrogen-bond acceptors (Lipinski definition) is 3. The van der Waals surface area contributed by atoms with Gasteiger partial charge in [-0.05, 0) is 37.0 Å². The van der Waals surface area contributed by atoms with Crippen LogP contribution in [-0.4, -0.2) is 43.2 Å². The molecule has 0 saturated carbocycles. The number of amides is 1. The lowest BCUT2D eigenvalue weighted by Gasteiger charge is -2.32. The third kappa shape index (κ3) is 3.77. The summed E-state index contributed by atoms with van der Waals surface area (Å²) in [6, 6.07) is 5.53. The molecule has 2 N–H and O–H groups in total. The van der Waals surface area contributed by atoms with Crippen LogP contribution in [0, 0.1) is 5.82 Å². The van der Waals surface area contributed by atoms with E-state index >= 15 is 0 Å². The minimum absolute atomic E-state index is 0.0381. The number of carbonyl (C=O) groups is 1. The van der Waals surface area contributed by atoms with E-state index in [4.69, 9.17) is 10.5 Å². The van der Waals surface area contributed by atoms with E-state index in [-0.39, 0.29) is 17.8 Å². The second-order valence-corrected chi connectivity index (χ2v) is 5.20. The Bertz CT molecular complexity index is 442. The molecule has 0 spiro atoms. The lowest BCUT2D eigenvalue weighted by Crippen LogP contribution is -2.49. The summed E-state index contributed by atoms with van der Waals surface area (Å²) in [5.41, 5.74) is 6.84. The molecular weight excluding hydrogens is 259 g/mol. The van der Waals surface area contributed by atoms with Crippen molar-refractivity contribution in [2.24, 2.45) is 5.73 Å². The third-order valence-corrected chi connectivity index (χ3v) is 3.77. The first-order valence-electron chi connectivity index (χ1n) is 6.91. The molecule has 1 atom stereocenters. The molecule has 1 amide bonds. The van der Waals surface area contributed by atoms with Crippen molar-refractivity contribution in [2.75, 3.05) is 20.2 Å². The highest BCUT2D eigenvalue weighted by atomic mass is 19.1. The first kappa shape index (κ1) is 14.9. The molecule has 0 bridgehead atoms. The summed E-state index contributed by atoms with van der Waals surface area (Å²) in [5, 5.41) is 0. The van der Waals surface area contributed by atoms with Gasteiger partial charge in [-0.3, -0.25) is 4.79 Å². The van der Waals surface area contributed by atoms with E-state index < -0.39 is 6.04 Å². The van der Waals surface area contributed by atoms with Crippen molar-refractivity contribution in [3.63, 3.8) is 0 Å². The van der Waals surface area contributed by atoms with Gasteiger partial charge in [-0.25, -0.2) is 4.39 Å². The second-order valence-electron chi connectivity index (χ2n) is 5.20. The van der Waals surface area contributed by atoms with Crippen LogP contribution in [0.2, 0.25) is 0 Å². The molecule has 1 heterocycles. The highest BCUT2D eigenvalue weighted by molar-refractivity contribution is 5.82. The zero-order chi connectivity index (χ0) is 14.5. The minimum atomic E-state index is -0.570. The Balaban J connectivity index is 1.87. The standard InChI is InChI=1S/C15H21FN2O2/c1-20-13-6-8-18(9-7-13)15(19)14(17)10-11-2-4-12(16)5-3-11/h2-5,13-14H,6-10,17H2,1H3/t14-/m0/s1. The maximum Gasteiger partial charge on any atom is 0.239 e. The van der Waals surface area contributed by atoms with Gasteiger partial charge in [0, 0.05) is 20.2 Å². The summed E-state index contributed by atoms with van der Waals surface area (Å²) in [4.78, 5) is 14.0. The van der Waals surface area contributed by atoms with Gasteiger partial charge < -0.3 is 15.4 Å². The molecule has 1 aromatic rings. The Morgan fingerprint density at radius 3 is 2.55 bits per heavy atom. The average molecular weight is 280 g/mol. The first-order chi connectivity index (χ1) is 9.60. The van der Waals surface area contributed by atoms with Crippen molar-refractivity contribution in [2.45, 2.75) is 31.4 Å². The van der Waals surface area contributed by atoms with Gasteiger partial charge in [0.15, 0.2) is 0 Å². The van der Waals surface area contributed by atoms with Crippen molar-refractivity contribution in [1.29, 1.82) is 0 Å². The van der Waals surface area contributed by atoms with E-state index in [1.165, 1.54) is 12.1 Å². The maximum atomic E-state index is 12.8. The van der Waals surface area contributed by atoms with Gasteiger partial charge in [-0.2, -0.15) is 0 Å². The molecule has 0 unspecified atom stereocenters. The number of methoxy groups -OCH3 is 1. The van der Waals surface area contributed by atoms with E-state index in [1.54, 1.807) is 24.1 Å². The fraction of sp³-hybridized carbons (Fsp3) is 0.533. The van der Waals surface area contributed by atoms with Crippen molar-refractivity contribution in [1.82, 2.24) is 4.90 Å². The molecular formula is C15H21FN2O2. The lowest BCUT2D eigenvalue weighted by atomic mass is 10.0. The van der Waals surface area contributed by atoms with Gasteiger partial charge >= 0.3 is 0 Å². The molecule has 110 valence electrons. The number of rotatable bonds is 4. The van der Waals surface area contributed by atoms with Gasteiger partial charge in [0.1, 0.15) is 5.82 Å². The average Bonchev–Trinajstić information content (AvgIpc) is 2.49. The first-order valence-corrected chi connectivity index (χ1v) is 6.91. The Morgan fingerprint density at radius 1 is 1.40 bits per heavy atom. The number of ether oxygens (including phenoxy) is 1. The lowest BCUT2D eigenvalue weighted by molar-refractivity contribution is -0.134. The van der Waals surface area contributed by atoms with Crippen LogP contribution in [0.1, 0.15) is 18.4 Å². The van der Waals surface area contributed by atoms with Crippen LogP contribution in [0.15, 0.2) is 24.3 Å². The second kappa shape index (κ2) is 6.81. The Kier molecular flexibility index (Phi) is 5.09. The normalized spacial score (nSPS) is 18.1. The predicted molar refractivity (Wildman–Crippen MR) is 74.7 cm³/mol. The summed E-state index contributed by atoms with van der Waals surface area (Å²) < 4.78 is 18.1. The van der Waals surface area contributed by atoms with Crippen LogP contribution in [0.25, 0.3) is 0 Å². The van der Waals surface area contributed by atoms with Crippen molar-refractivity contribution in [3.8, 4) is 0 Å². The largest absolute Gasteiger partial charge is 0.381 e. The fourth-order valence-electron chi connectivity index (χ4n) is 2.51. The van der Waals surface area contributed by atoms with E-state index in [2.05, 4.69) is 0 Å². The zero-order valence-corrected chi connectivity index (χ0v) is 11.7. The van der Waals surface area contributed by atoms with E-state index in [0.717, 1.165) is 18.4 Å². The van der Waals surface area contributed by atoms with Gasteiger partial charge in [0.05, 0.1) is 12.1 Å². The summed E-state index contributed by atoms with van der Waals surface area (Å²) in [7, 11) is 1.70. The van der Waals surface area contributed by atoms with Crippen molar-refractivity contribution in [3.05, 3.63) is 35.6 Å². The van der Waals surface area contributed by atoms with Crippen LogP contribution in [0.3, 0.4) is 0 Å². The zero-order valence-electron chi connectivity index (χ0n) is 11.7. The van der Waals surface area contributed by atoms with E-state index in [9.17, 15) is 9.18 Å². The minimum Gasteiger partial charge on any atom is -0.381 e. The summed E-state index contributed by atoms with van der Waals surface area (Å²) >= 11 is 0. The number of carbonyl (C=O) groups excluding carboxylic acids is 1. The molecule has 0 aromatic heterocycles. The highest BCUT2D eigenvalue weighted by Gasteiger charge is 2.26. The number of nitrogens with zero attached hydrogens (tertiary/aromatic N) is 1. The summed E-state index contributed by atoms with van der Waals surface area (Å²) in [5.74, 6) is -0.320. The highest BCUT2D eigenvalue weighted by Crippen LogP contribution is 2.14. The Labute approximate surface area is 118 Å². The van der Waals surface area contributed by atoms with Crippen LogP contribution in [-0.2, 0) is 16.0 Å². The number of hydrogen-bond donors (Lipinski definition) is 1. The molecule has 20 heavy (non-hydrogen) atoms. The monoisotopic (exact) mass is 280 g/mol. The predicted octanol–water partition coefficient (Wildman–Crippen LogP) is 1.33. The molecule has 4 nitrogen and oxygen atoms in total. The topological polar surface area (TPSA) is 55.6 Å². The van der Waals surface area contributed by atoms with Gasteiger partial charge in [0.2, 0.25) is 5.91 Å².